The average molecular weight is 244 g/mol. The summed E-state index contributed by atoms with van der Waals surface area (Å²) in [7, 11) is 0. The Labute approximate surface area is 95.7 Å². The Morgan fingerprint density at radius 1 is 1.12 bits per heavy atom. The van der Waals surface area contributed by atoms with Crippen LogP contribution in [0.5, 0.6) is 0 Å². The first kappa shape index (κ1) is 12.0. The van der Waals surface area contributed by atoms with E-state index in [2.05, 4.69) is 0 Å². The average Bonchev–Trinajstić information content (AvgIpc) is 2.57. The molecule has 0 spiro atoms. The van der Waals surface area contributed by atoms with Crippen LogP contribution in [0.1, 0.15) is 25.2 Å². The van der Waals surface area contributed by atoms with Gasteiger partial charge in [0.25, 0.3) is 0 Å². The van der Waals surface area contributed by atoms with Gasteiger partial charge in [0.1, 0.15) is 16.9 Å². The molecule has 92 valence electrons. The van der Waals surface area contributed by atoms with Crippen molar-refractivity contribution in [3.63, 3.8) is 0 Å². The number of benzene rings is 1. The highest BCUT2D eigenvalue weighted by molar-refractivity contribution is 5.79. The summed E-state index contributed by atoms with van der Waals surface area (Å²) in [6.45, 7) is 3.02. The quantitative estimate of drug-likeness (QED) is 0.830. The smallest absolute Gasteiger partial charge is 0.416 e. The predicted octanol–water partition coefficient (Wildman–Crippen LogP) is 3.68. The van der Waals surface area contributed by atoms with E-state index in [0.29, 0.717) is 11.0 Å². The Morgan fingerprint density at radius 2 is 1.76 bits per heavy atom. The Kier molecular flexibility index (Phi) is 2.47. The second-order valence-corrected chi connectivity index (χ2v) is 4.42. The maximum atomic E-state index is 12.5. The van der Waals surface area contributed by atoms with E-state index < -0.39 is 17.3 Å². The second-order valence-electron chi connectivity index (χ2n) is 4.42. The van der Waals surface area contributed by atoms with Gasteiger partial charge in [-0.2, -0.15) is 13.2 Å². The van der Waals surface area contributed by atoms with E-state index in [1.807, 2.05) is 0 Å². The molecule has 0 fully saturated rings. The van der Waals surface area contributed by atoms with Crippen molar-refractivity contribution in [1.82, 2.24) is 0 Å². The molecule has 0 aliphatic heterocycles. The summed E-state index contributed by atoms with van der Waals surface area (Å²) in [6.07, 6.45) is -4.37. The molecular formula is C12H11F3O2. The second kappa shape index (κ2) is 3.50. The fraction of sp³-hybridized carbons (Fsp3) is 0.333. The van der Waals surface area contributed by atoms with E-state index in [-0.39, 0.29) is 5.76 Å². The van der Waals surface area contributed by atoms with Gasteiger partial charge in [-0.15, -0.1) is 0 Å². The molecule has 2 nitrogen and oxygen atoms in total. The largest absolute Gasteiger partial charge is 0.458 e. The standard InChI is InChI=1S/C12H11F3O2/c1-11(2,16)10-6-7-5-8(12(13,14)15)3-4-9(7)17-10/h3-6,16H,1-2H3. The van der Waals surface area contributed by atoms with Crippen LogP contribution in [0.25, 0.3) is 11.0 Å². The lowest BCUT2D eigenvalue weighted by Crippen LogP contribution is -2.13. The fourth-order valence-electron chi connectivity index (χ4n) is 1.52. The minimum atomic E-state index is -4.37. The highest BCUT2D eigenvalue weighted by atomic mass is 19.4. The lowest BCUT2D eigenvalue weighted by Gasteiger charge is -2.12. The molecule has 0 amide bonds. The third-order valence-electron chi connectivity index (χ3n) is 2.45. The van der Waals surface area contributed by atoms with Gasteiger partial charge in [-0.1, -0.05) is 0 Å². The molecule has 1 N–H and O–H groups in total. The zero-order valence-corrected chi connectivity index (χ0v) is 9.30. The molecule has 0 unspecified atom stereocenters. The van der Waals surface area contributed by atoms with Crippen molar-refractivity contribution in [2.75, 3.05) is 0 Å². The van der Waals surface area contributed by atoms with Crippen LogP contribution in [-0.4, -0.2) is 5.11 Å². The van der Waals surface area contributed by atoms with Gasteiger partial charge in [-0.25, -0.2) is 0 Å². The van der Waals surface area contributed by atoms with Crippen molar-refractivity contribution in [2.45, 2.75) is 25.6 Å². The molecule has 5 heteroatoms. The van der Waals surface area contributed by atoms with Crippen LogP contribution in [0.3, 0.4) is 0 Å². The summed E-state index contributed by atoms with van der Waals surface area (Å²) in [5.41, 5.74) is -1.61. The molecular weight excluding hydrogens is 233 g/mol. The third-order valence-corrected chi connectivity index (χ3v) is 2.45. The lowest BCUT2D eigenvalue weighted by molar-refractivity contribution is -0.137. The SMILES string of the molecule is CC(C)(O)c1cc2cc(C(F)(F)F)ccc2o1. The Bertz CT molecular complexity index is 535. The topological polar surface area (TPSA) is 33.4 Å². The number of rotatable bonds is 1. The van der Waals surface area contributed by atoms with Crippen molar-refractivity contribution in [3.8, 4) is 0 Å². The Morgan fingerprint density at radius 3 is 2.29 bits per heavy atom. The normalized spacial score (nSPS) is 13.3. The molecule has 0 aliphatic rings. The predicted molar refractivity (Wildman–Crippen MR) is 56.5 cm³/mol. The van der Waals surface area contributed by atoms with Crippen molar-refractivity contribution in [3.05, 3.63) is 35.6 Å². The number of halogens is 3. The summed E-state index contributed by atoms with van der Waals surface area (Å²) in [5, 5.41) is 10.0. The Hall–Kier alpha value is -1.49. The number of alkyl halides is 3. The number of aliphatic hydroxyl groups is 1. The van der Waals surface area contributed by atoms with Crippen LogP contribution >= 0.6 is 0 Å². The number of hydrogen-bond acceptors (Lipinski definition) is 2. The molecule has 0 atom stereocenters. The van der Waals surface area contributed by atoms with Gasteiger partial charge in [0.15, 0.2) is 0 Å². The maximum absolute atomic E-state index is 12.5. The molecule has 1 aromatic heterocycles. The molecule has 0 aliphatic carbocycles. The summed E-state index contributed by atoms with van der Waals surface area (Å²) in [5.74, 6) is 0.242. The summed E-state index contributed by atoms with van der Waals surface area (Å²) in [4.78, 5) is 0. The van der Waals surface area contributed by atoms with Crippen LogP contribution < -0.4 is 0 Å². The highest BCUT2D eigenvalue weighted by Crippen LogP contribution is 2.34. The van der Waals surface area contributed by atoms with Gasteiger partial charge < -0.3 is 9.52 Å². The zero-order chi connectivity index (χ0) is 12.8. The van der Waals surface area contributed by atoms with E-state index >= 15 is 0 Å². The maximum Gasteiger partial charge on any atom is 0.416 e. The molecule has 1 heterocycles. The van der Waals surface area contributed by atoms with Gasteiger partial charge >= 0.3 is 6.18 Å². The molecule has 17 heavy (non-hydrogen) atoms. The lowest BCUT2D eigenvalue weighted by atomic mass is 10.1. The molecule has 1 aromatic carbocycles. The number of furan rings is 1. The molecule has 0 bridgehead atoms. The van der Waals surface area contributed by atoms with Crippen molar-refractivity contribution >= 4 is 11.0 Å². The van der Waals surface area contributed by atoms with Crippen LogP contribution in [-0.2, 0) is 11.8 Å². The highest BCUT2D eigenvalue weighted by Gasteiger charge is 2.31. The fourth-order valence-corrected chi connectivity index (χ4v) is 1.52. The molecule has 2 aromatic rings. The van der Waals surface area contributed by atoms with Crippen molar-refractivity contribution in [1.29, 1.82) is 0 Å². The summed E-state index contributed by atoms with van der Waals surface area (Å²) in [6, 6.07) is 4.64. The third kappa shape index (κ3) is 2.29. The van der Waals surface area contributed by atoms with E-state index in [1.54, 1.807) is 0 Å². The summed E-state index contributed by atoms with van der Waals surface area (Å²) >= 11 is 0. The van der Waals surface area contributed by atoms with Gasteiger partial charge in [0, 0.05) is 5.39 Å². The van der Waals surface area contributed by atoms with E-state index in [9.17, 15) is 18.3 Å². The first-order valence-corrected chi connectivity index (χ1v) is 5.01. The minimum Gasteiger partial charge on any atom is -0.458 e. The van der Waals surface area contributed by atoms with Gasteiger partial charge in [0.2, 0.25) is 0 Å². The summed E-state index contributed by atoms with van der Waals surface area (Å²) < 4.78 is 42.7. The van der Waals surface area contributed by atoms with Crippen molar-refractivity contribution < 1.29 is 22.7 Å². The molecule has 0 saturated carbocycles. The van der Waals surface area contributed by atoms with Gasteiger partial charge in [-0.05, 0) is 38.1 Å². The van der Waals surface area contributed by atoms with Crippen LogP contribution in [0.2, 0.25) is 0 Å². The number of hydrogen-bond donors (Lipinski definition) is 1. The van der Waals surface area contributed by atoms with Crippen LogP contribution in [0, 0.1) is 0 Å². The first-order valence-electron chi connectivity index (χ1n) is 5.01. The minimum absolute atomic E-state index is 0.242. The monoisotopic (exact) mass is 244 g/mol. The molecule has 0 saturated heterocycles. The van der Waals surface area contributed by atoms with E-state index in [4.69, 9.17) is 4.42 Å². The van der Waals surface area contributed by atoms with Crippen LogP contribution in [0.4, 0.5) is 13.2 Å². The zero-order valence-electron chi connectivity index (χ0n) is 9.30. The molecule has 0 radical (unpaired) electrons. The van der Waals surface area contributed by atoms with Gasteiger partial charge in [-0.3, -0.25) is 0 Å². The van der Waals surface area contributed by atoms with Gasteiger partial charge in [0.05, 0.1) is 5.56 Å². The van der Waals surface area contributed by atoms with Crippen molar-refractivity contribution in [2.24, 2.45) is 0 Å². The van der Waals surface area contributed by atoms with E-state index in [0.717, 1.165) is 12.1 Å². The van der Waals surface area contributed by atoms with E-state index in [1.165, 1.54) is 26.0 Å². The Balaban J connectivity index is 2.56. The molecule has 2 rings (SSSR count). The first-order chi connectivity index (χ1) is 7.68. The number of fused-ring (bicyclic) bond motifs is 1. The van der Waals surface area contributed by atoms with Crippen LogP contribution in [0.15, 0.2) is 28.7 Å².